The summed E-state index contributed by atoms with van der Waals surface area (Å²) < 4.78 is 7.85. The lowest BCUT2D eigenvalue weighted by Crippen LogP contribution is -2.52. The minimum Gasteiger partial charge on any atom is -0.408 e. The molecule has 0 spiro atoms. The third-order valence-corrected chi connectivity index (χ3v) is 7.04. The molecule has 2 aromatic carbocycles. The van der Waals surface area contributed by atoms with Gasteiger partial charge in [-0.15, -0.1) is 0 Å². The number of aromatic nitrogens is 3. The molecule has 1 aliphatic carbocycles. The van der Waals surface area contributed by atoms with Crippen molar-refractivity contribution in [2.24, 2.45) is 0 Å². The molecule has 0 saturated heterocycles. The predicted octanol–water partition coefficient (Wildman–Crippen LogP) is 5.85. The van der Waals surface area contributed by atoms with Gasteiger partial charge in [0, 0.05) is 36.8 Å². The summed E-state index contributed by atoms with van der Waals surface area (Å²) >= 11 is 6.31. The molecular formula is C27H24ClN5O3. The second-order valence-electron chi connectivity index (χ2n) is 9.31. The van der Waals surface area contributed by atoms with E-state index in [1.54, 1.807) is 34.2 Å². The maximum absolute atomic E-state index is 13.6. The summed E-state index contributed by atoms with van der Waals surface area (Å²) in [4.78, 5) is 33.7. The van der Waals surface area contributed by atoms with Crippen LogP contribution in [0.2, 0.25) is 5.02 Å². The first-order chi connectivity index (χ1) is 17.4. The van der Waals surface area contributed by atoms with Crippen LogP contribution < -0.4 is 14.5 Å². The maximum Gasteiger partial charge on any atom is 0.419 e. The van der Waals surface area contributed by atoms with Crippen LogP contribution in [0.5, 0.6) is 5.75 Å². The average Bonchev–Trinajstić information content (AvgIpc) is 3.61. The average molecular weight is 502 g/mol. The summed E-state index contributed by atoms with van der Waals surface area (Å²) in [7, 11) is 0. The molecule has 0 unspecified atom stereocenters. The van der Waals surface area contributed by atoms with E-state index in [0.717, 1.165) is 24.0 Å². The minimum atomic E-state index is -0.550. The molecule has 182 valence electrons. The van der Waals surface area contributed by atoms with Crippen molar-refractivity contribution >= 4 is 45.9 Å². The highest BCUT2D eigenvalue weighted by molar-refractivity contribution is 6.35. The number of halogens is 1. The van der Waals surface area contributed by atoms with Crippen LogP contribution in [0.1, 0.15) is 32.7 Å². The predicted molar refractivity (Wildman–Crippen MR) is 139 cm³/mol. The molecule has 2 aromatic heterocycles. The molecule has 6 rings (SSSR count). The highest BCUT2D eigenvalue weighted by atomic mass is 35.5. The Labute approximate surface area is 213 Å². The van der Waals surface area contributed by atoms with Crippen LogP contribution in [0.15, 0.2) is 61.1 Å². The van der Waals surface area contributed by atoms with Gasteiger partial charge in [0.2, 0.25) is 5.91 Å². The van der Waals surface area contributed by atoms with E-state index in [-0.39, 0.29) is 18.5 Å². The van der Waals surface area contributed by atoms with Crippen molar-refractivity contribution in [2.45, 2.75) is 38.8 Å². The van der Waals surface area contributed by atoms with Gasteiger partial charge in [-0.3, -0.25) is 19.4 Å². The zero-order valence-electron chi connectivity index (χ0n) is 19.9. The fraction of sp³-hybridized carbons (Fsp3) is 0.259. The minimum absolute atomic E-state index is 0.0843. The van der Waals surface area contributed by atoms with Crippen molar-refractivity contribution in [3.63, 3.8) is 0 Å². The molecule has 4 aromatic rings. The Morgan fingerprint density at radius 2 is 1.92 bits per heavy atom. The Balaban J connectivity index is 1.39. The lowest BCUT2D eigenvalue weighted by atomic mass is 10.0. The quantitative estimate of drug-likeness (QED) is 0.352. The number of fused-ring (bicyclic) bond motifs is 2. The van der Waals surface area contributed by atoms with Crippen LogP contribution in [0.4, 0.5) is 16.2 Å². The SMILES string of the molecule is CC(=O)N1c2ccc(-c3cnn(C4CC4)c3)cc2N(C(=O)Oc2ccc(Cl)c3cccnc23)C[C@@H]1C. The smallest absolute Gasteiger partial charge is 0.408 e. The molecule has 8 nitrogen and oxygen atoms in total. The highest BCUT2D eigenvalue weighted by Gasteiger charge is 2.35. The number of carbonyl (C=O) groups is 2. The lowest BCUT2D eigenvalue weighted by Gasteiger charge is -2.40. The van der Waals surface area contributed by atoms with Crippen molar-refractivity contribution in [1.82, 2.24) is 14.8 Å². The zero-order chi connectivity index (χ0) is 25.0. The van der Waals surface area contributed by atoms with E-state index in [1.165, 1.54) is 6.92 Å². The second kappa shape index (κ2) is 8.64. The Bertz CT molecular complexity index is 1510. The third-order valence-electron chi connectivity index (χ3n) is 6.71. The number of ether oxygens (including phenoxy) is 1. The monoisotopic (exact) mass is 501 g/mol. The number of pyridine rings is 1. The van der Waals surface area contributed by atoms with Crippen LogP contribution in [0, 0.1) is 0 Å². The zero-order valence-corrected chi connectivity index (χ0v) is 20.6. The Morgan fingerprint density at radius 3 is 2.69 bits per heavy atom. The first kappa shape index (κ1) is 22.5. The Kier molecular flexibility index (Phi) is 5.41. The number of carbonyl (C=O) groups excluding carboxylic acids is 2. The van der Waals surface area contributed by atoms with Gasteiger partial charge >= 0.3 is 6.09 Å². The standard InChI is InChI=1S/C27H24ClN5O3/c1-16-14-31(27(35)36-25-10-8-22(28)21-4-3-11-29-26(21)25)24-12-18(5-9-23(24)33(16)17(2)34)19-13-30-32(15-19)20-6-7-20/h3-5,8-13,15-16,20H,6-7,14H2,1-2H3/t16-/m0/s1. The number of benzene rings is 2. The second-order valence-corrected chi connectivity index (χ2v) is 9.71. The lowest BCUT2D eigenvalue weighted by molar-refractivity contribution is -0.117. The topological polar surface area (TPSA) is 80.6 Å². The van der Waals surface area contributed by atoms with Crippen LogP contribution in [0.25, 0.3) is 22.0 Å². The molecular weight excluding hydrogens is 478 g/mol. The van der Waals surface area contributed by atoms with Gasteiger partial charge in [-0.2, -0.15) is 5.10 Å². The molecule has 1 saturated carbocycles. The number of rotatable bonds is 3. The summed E-state index contributed by atoms with van der Waals surface area (Å²) in [6, 6.07) is 13.0. The van der Waals surface area contributed by atoms with Crippen LogP contribution in [-0.4, -0.2) is 39.4 Å². The van der Waals surface area contributed by atoms with Gasteiger partial charge in [0.25, 0.3) is 0 Å². The van der Waals surface area contributed by atoms with Crippen molar-refractivity contribution in [1.29, 1.82) is 0 Å². The summed E-state index contributed by atoms with van der Waals surface area (Å²) in [6.45, 7) is 3.74. The van der Waals surface area contributed by atoms with Crippen LogP contribution in [0.3, 0.4) is 0 Å². The van der Waals surface area contributed by atoms with E-state index in [4.69, 9.17) is 16.3 Å². The van der Waals surface area contributed by atoms with Crippen molar-refractivity contribution in [3.8, 4) is 16.9 Å². The summed E-state index contributed by atoms with van der Waals surface area (Å²) in [5.41, 5.74) is 3.65. The number of nitrogens with zero attached hydrogens (tertiary/aromatic N) is 5. The van der Waals surface area contributed by atoms with E-state index in [2.05, 4.69) is 10.1 Å². The molecule has 36 heavy (non-hydrogen) atoms. The van der Waals surface area contributed by atoms with E-state index >= 15 is 0 Å². The normalized spacial score (nSPS) is 17.2. The van der Waals surface area contributed by atoms with Crippen LogP contribution >= 0.6 is 11.6 Å². The van der Waals surface area contributed by atoms with Gasteiger partial charge in [0.1, 0.15) is 5.52 Å². The number of amides is 2. The van der Waals surface area contributed by atoms with Crippen molar-refractivity contribution in [3.05, 3.63) is 66.1 Å². The Morgan fingerprint density at radius 1 is 1.08 bits per heavy atom. The molecule has 0 bridgehead atoms. The van der Waals surface area contributed by atoms with Gasteiger partial charge in [-0.25, -0.2) is 4.79 Å². The molecule has 9 heteroatoms. The number of anilines is 2. The van der Waals surface area contributed by atoms with E-state index in [0.29, 0.717) is 39.1 Å². The Hall–Kier alpha value is -3.91. The van der Waals surface area contributed by atoms with Gasteiger partial charge in [-0.05, 0) is 61.7 Å². The molecule has 1 aliphatic heterocycles. The molecule has 2 amide bonds. The summed E-state index contributed by atoms with van der Waals surface area (Å²) in [5.74, 6) is 0.240. The van der Waals surface area contributed by atoms with Gasteiger partial charge < -0.3 is 9.64 Å². The summed E-state index contributed by atoms with van der Waals surface area (Å²) in [5, 5.41) is 5.73. The van der Waals surface area contributed by atoms with E-state index in [1.807, 2.05) is 48.3 Å². The first-order valence-corrected chi connectivity index (χ1v) is 12.3. The maximum atomic E-state index is 13.6. The van der Waals surface area contributed by atoms with Gasteiger partial charge in [-0.1, -0.05) is 17.7 Å². The fourth-order valence-electron chi connectivity index (χ4n) is 4.83. The van der Waals surface area contributed by atoms with Crippen molar-refractivity contribution < 1.29 is 14.3 Å². The largest absolute Gasteiger partial charge is 0.419 e. The molecule has 1 fully saturated rings. The molecule has 0 radical (unpaired) electrons. The van der Waals surface area contributed by atoms with Gasteiger partial charge in [0.05, 0.1) is 34.7 Å². The molecule has 2 aliphatic rings. The van der Waals surface area contributed by atoms with Gasteiger partial charge in [0.15, 0.2) is 5.75 Å². The summed E-state index contributed by atoms with van der Waals surface area (Å²) in [6.07, 6.45) is 7.23. The number of hydrogen-bond acceptors (Lipinski definition) is 5. The van der Waals surface area contributed by atoms with E-state index in [9.17, 15) is 9.59 Å². The van der Waals surface area contributed by atoms with E-state index < -0.39 is 6.09 Å². The molecule has 1 atom stereocenters. The van der Waals surface area contributed by atoms with Crippen LogP contribution in [-0.2, 0) is 4.79 Å². The fourth-order valence-corrected chi connectivity index (χ4v) is 5.04. The van der Waals surface area contributed by atoms with Crippen molar-refractivity contribution in [2.75, 3.05) is 16.3 Å². The highest BCUT2D eigenvalue weighted by Crippen LogP contribution is 2.41. The third kappa shape index (κ3) is 3.87. The molecule has 0 N–H and O–H groups in total. The first-order valence-electron chi connectivity index (χ1n) is 11.9. The number of hydrogen-bond donors (Lipinski definition) is 0. The molecule has 3 heterocycles.